The van der Waals surface area contributed by atoms with Gasteiger partial charge in [-0.1, -0.05) is 25.3 Å². The Morgan fingerprint density at radius 3 is 2.43 bits per heavy atom. The summed E-state index contributed by atoms with van der Waals surface area (Å²) < 4.78 is 0. The Bertz CT molecular complexity index is 291. The third-order valence-corrected chi connectivity index (χ3v) is 3.20. The van der Waals surface area contributed by atoms with E-state index in [1.807, 2.05) is 6.07 Å². The molecule has 1 aliphatic carbocycles. The van der Waals surface area contributed by atoms with Gasteiger partial charge in [-0.05, 0) is 48.9 Å². The highest BCUT2D eigenvalue weighted by molar-refractivity contribution is 5.45. The number of hydrogen-bond donors (Lipinski definition) is 1. The highest BCUT2D eigenvalue weighted by Crippen LogP contribution is 2.33. The molecule has 0 unspecified atom stereocenters. The zero-order chi connectivity index (χ0) is 9.97. The molecule has 1 aliphatic rings. The maximum Gasteiger partial charge on any atom is 0.0319 e. The van der Waals surface area contributed by atoms with E-state index >= 15 is 0 Å². The molecule has 0 aliphatic heterocycles. The first kappa shape index (κ1) is 9.57. The monoisotopic (exact) mass is 189 g/mol. The molecule has 0 spiro atoms. The van der Waals surface area contributed by atoms with Crippen molar-refractivity contribution < 1.29 is 0 Å². The number of benzene rings is 1. The van der Waals surface area contributed by atoms with E-state index in [1.165, 1.54) is 43.2 Å². The van der Waals surface area contributed by atoms with E-state index in [2.05, 4.69) is 19.1 Å². The smallest absolute Gasteiger partial charge is 0.0319 e. The van der Waals surface area contributed by atoms with Crippen LogP contribution in [0.25, 0.3) is 0 Å². The lowest BCUT2D eigenvalue weighted by atomic mass is 9.83. The van der Waals surface area contributed by atoms with Crippen molar-refractivity contribution in [2.45, 2.75) is 44.9 Å². The zero-order valence-corrected chi connectivity index (χ0v) is 8.92. The van der Waals surface area contributed by atoms with Gasteiger partial charge in [0.15, 0.2) is 0 Å². The summed E-state index contributed by atoms with van der Waals surface area (Å²) in [6.07, 6.45) is 6.89. The molecule has 0 aromatic heterocycles. The lowest BCUT2D eigenvalue weighted by Gasteiger charge is -2.22. The van der Waals surface area contributed by atoms with E-state index in [-0.39, 0.29) is 0 Å². The van der Waals surface area contributed by atoms with Crippen molar-refractivity contribution in [2.75, 3.05) is 5.73 Å². The highest BCUT2D eigenvalue weighted by atomic mass is 14.5. The Kier molecular flexibility index (Phi) is 2.76. The van der Waals surface area contributed by atoms with Crippen LogP contribution in [0.3, 0.4) is 0 Å². The molecule has 0 radical (unpaired) electrons. The molecule has 1 aromatic rings. The summed E-state index contributed by atoms with van der Waals surface area (Å²) in [6.45, 7) is 2.13. The molecule has 14 heavy (non-hydrogen) atoms. The number of hydrogen-bond acceptors (Lipinski definition) is 1. The van der Waals surface area contributed by atoms with Crippen molar-refractivity contribution in [3.8, 4) is 0 Å². The summed E-state index contributed by atoms with van der Waals surface area (Å²) in [5.41, 5.74) is 9.55. The topological polar surface area (TPSA) is 26.0 Å². The van der Waals surface area contributed by atoms with Gasteiger partial charge < -0.3 is 5.73 Å². The van der Waals surface area contributed by atoms with E-state index in [0.717, 1.165) is 11.6 Å². The zero-order valence-electron chi connectivity index (χ0n) is 8.92. The summed E-state index contributed by atoms with van der Waals surface area (Å²) in [5.74, 6) is 0.769. The van der Waals surface area contributed by atoms with Crippen molar-refractivity contribution in [3.05, 3.63) is 29.3 Å². The molecule has 2 rings (SSSR count). The second-order valence-electron chi connectivity index (χ2n) is 4.51. The summed E-state index contributed by atoms with van der Waals surface area (Å²) in [4.78, 5) is 0. The fourth-order valence-electron chi connectivity index (χ4n) is 2.51. The SMILES string of the molecule is Cc1cc(N)cc(C2CCCCC2)c1. The fourth-order valence-corrected chi connectivity index (χ4v) is 2.51. The highest BCUT2D eigenvalue weighted by Gasteiger charge is 2.15. The van der Waals surface area contributed by atoms with Crippen LogP contribution in [0.5, 0.6) is 0 Å². The van der Waals surface area contributed by atoms with E-state index in [0.29, 0.717) is 0 Å². The lowest BCUT2D eigenvalue weighted by molar-refractivity contribution is 0.443. The van der Waals surface area contributed by atoms with Crippen LogP contribution in [0.1, 0.15) is 49.1 Å². The normalized spacial score (nSPS) is 18.4. The quantitative estimate of drug-likeness (QED) is 0.671. The van der Waals surface area contributed by atoms with E-state index in [9.17, 15) is 0 Å². The third-order valence-electron chi connectivity index (χ3n) is 3.20. The summed E-state index contributed by atoms with van der Waals surface area (Å²) in [6, 6.07) is 6.50. The van der Waals surface area contributed by atoms with Crippen molar-refractivity contribution in [1.29, 1.82) is 0 Å². The molecule has 76 valence electrons. The van der Waals surface area contributed by atoms with Gasteiger partial charge in [0, 0.05) is 5.69 Å². The first-order chi connectivity index (χ1) is 6.75. The van der Waals surface area contributed by atoms with E-state index in [4.69, 9.17) is 5.73 Å². The van der Waals surface area contributed by atoms with Crippen LogP contribution in [0.15, 0.2) is 18.2 Å². The minimum absolute atomic E-state index is 0.769. The van der Waals surface area contributed by atoms with E-state index in [1.54, 1.807) is 0 Å². The molecular weight excluding hydrogens is 170 g/mol. The van der Waals surface area contributed by atoms with Gasteiger partial charge in [0.1, 0.15) is 0 Å². The molecule has 0 heterocycles. The van der Waals surface area contributed by atoms with Crippen molar-refractivity contribution >= 4 is 5.69 Å². The van der Waals surface area contributed by atoms with Crippen molar-refractivity contribution in [3.63, 3.8) is 0 Å². The largest absolute Gasteiger partial charge is 0.399 e. The Morgan fingerprint density at radius 1 is 1.07 bits per heavy atom. The van der Waals surface area contributed by atoms with Crippen LogP contribution >= 0.6 is 0 Å². The summed E-state index contributed by atoms with van der Waals surface area (Å²) in [5, 5.41) is 0. The van der Waals surface area contributed by atoms with Crippen molar-refractivity contribution in [1.82, 2.24) is 0 Å². The number of nitrogens with two attached hydrogens (primary N) is 1. The molecular formula is C13H19N. The van der Waals surface area contributed by atoms with Gasteiger partial charge in [-0.25, -0.2) is 0 Å². The summed E-state index contributed by atoms with van der Waals surface area (Å²) in [7, 11) is 0. The molecule has 1 fully saturated rings. The molecule has 2 N–H and O–H groups in total. The molecule has 1 aromatic carbocycles. The minimum Gasteiger partial charge on any atom is -0.399 e. The predicted octanol–water partition coefficient (Wildman–Crippen LogP) is 3.62. The van der Waals surface area contributed by atoms with E-state index < -0.39 is 0 Å². The Labute approximate surface area is 86.3 Å². The first-order valence-corrected chi connectivity index (χ1v) is 5.63. The van der Waals surface area contributed by atoms with Crippen LogP contribution in [0.4, 0.5) is 5.69 Å². The molecule has 1 saturated carbocycles. The Morgan fingerprint density at radius 2 is 1.79 bits per heavy atom. The second-order valence-corrected chi connectivity index (χ2v) is 4.51. The number of anilines is 1. The number of rotatable bonds is 1. The minimum atomic E-state index is 0.769. The average molecular weight is 189 g/mol. The van der Waals surface area contributed by atoms with Crippen LogP contribution in [0, 0.1) is 6.92 Å². The Hall–Kier alpha value is -0.980. The number of aryl methyl sites for hydroxylation is 1. The molecule has 0 bridgehead atoms. The molecule has 1 heteroatoms. The molecule has 0 saturated heterocycles. The van der Waals surface area contributed by atoms with Crippen LogP contribution in [0.2, 0.25) is 0 Å². The van der Waals surface area contributed by atoms with Gasteiger partial charge in [0.25, 0.3) is 0 Å². The van der Waals surface area contributed by atoms with Gasteiger partial charge in [0.2, 0.25) is 0 Å². The fraction of sp³-hybridized carbons (Fsp3) is 0.538. The molecule has 0 atom stereocenters. The second kappa shape index (κ2) is 4.04. The first-order valence-electron chi connectivity index (χ1n) is 5.63. The van der Waals surface area contributed by atoms with Crippen LogP contribution in [-0.2, 0) is 0 Å². The van der Waals surface area contributed by atoms with Crippen LogP contribution < -0.4 is 5.73 Å². The number of nitrogen functional groups attached to an aromatic ring is 1. The average Bonchev–Trinajstić information content (AvgIpc) is 2.18. The summed E-state index contributed by atoms with van der Waals surface area (Å²) >= 11 is 0. The van der Waals surface area contributed by atoms with Gasteiger partial charge in [-0.3, -0.25) is 0 Å². The van der Waals surface area contributed by atoms with Gasteiger partial charge in [0.05, 0.1) is 0 Å². The molecule has 1 nitrogen and oxygen atoms in total. The van der Waals surface area contributed by atoms with Crippen LogP contribution in [-0.4, -0.2) is 0 Å². The predicted molar refractivity (Wildman–Crippen MR) is 61.4 cm³/mol. The van der Waals surface area contributed by atoms with Gasteiger partial charge >= 0.3 is 0 Å². The molecule has 0 amide bonds. The lowest BCUT2D eigenvalue weighted by Crippen LogP contribution is -2.05. The third kappa shape index (κ3) is 2.09. The maximum absolute atomic E-state index is 5.87. The standard InChI is InChI=1S/C13H19N/c1-10-7-12(9-13(14)8-10)11-5-3-2-4-6-11/h7-9,11H,2-6,14H2,1H3. The van der Waals surface area contributed by atoms with Crippen molar-refractivity contribution in [2.24, 2.45) is 0 Å². The van der Waals surface area contributed by atoms with Gasteiger partial charge in [-0.15, -0.1) is 0 Å². The Balaban J connectivity index is 2.21. The maximum atomic E-state index is 5.87. The van der Waals surface area contributed by atoms with Gasteiger partial charge in [-0.2, -0.15) is 0 Å².